The van der Waals surface area contributed by atoms with Crippen LogP contribution in [0.4, 0.5) is 22.0 Å². The predicted octanol–water partition coefficient (Wildman–Crippen LogP) is 5.24. The molecular weight excluding hydrogens is 349 g/mol. The van der Waals surface area contributed by atoms with Gasteiger partial charge in [-0.1, -0.05) is 34.8 Å². The molecule has 0 unspecified atom stereocenters. The van der Waals surface area contributed by atoms with E-state index in [0.29, 0.717) is 0 Å². The molecule has 2 nitrogen and oxygen atoms in total. The second-order valence-electron chi connectivity index (χ2n) is 3.66. The van der Waals surface area contributed by atoms with Crippen molar-refractivity contribution >= 4 is 45.7 Å². The molecule has 0 aliphatic rings. The van der Waals surface area contributed by atoms with Gasteiger partial charge in [-0.25, -0.2) is 9.97 Å². The summed E-state index contributed by atoms with van der Waals surface area (Å²) in [5.41, 5.74) is -0.377. The lowest BCUT2D eigenvalue weighted by Crippen LogP contribution is -2.35. The zero-order valence-electron chi connectivity index (χ0n) is 9.07. The smallest absolute Gasteiger partial charge is 0.225 e. The van der Waals surface area contributed by atoms with Gasteiger partial charge in [-0.2, -0.15) is 22.0 Å². The zero-order chi connectivity index (χ0) is 15.3. The van der Waals surface area contributed by atoms with E-state index in [1.807, 2.05) is 0 Å². The van der Waals surface area contributed by atoms with Gasteiger partial charge < -0.3 is 0 Å². The lowest BCUT2D eigenvalue weighted by molar-refractivity contribution is -0.292. The number of alkyl halides is 5. The van der Waals surface area contributed by atoms with E-state index in [4.69, 9.17) is 34.8 Å². The van der Waals surface area contributed by atoms with Crippen molar-refractivity contribution in [2.24, 2.45) is 0 Å². The van der Waals surface area contributed by atoms with Crippen LogP contribution in [0.3, 0.4) is 0 Å². The molecule has 0 spiro atoms. The largest absolute Gasteiger partial charge is 0.461 e. The Morgan fingerprint density at radius 1 is 0.850 bits per heavy atom. The molecule has 10 heteroatoms. The number of rotatable bonds is 1. The van der Waals surface area contributed by atoms with Crippen LogP contribution in [-0.4, -0.2) is 16.1 Å². The topological polar surface area (TPSA) is 25.8 Å². The first-order valence-corrected chi connectivity index (χ1v) is 5.95. The van der Waals surface area contributed by atoms with Gasteiger partial charge in [-0.3, -0.25) is 0 Å². The van der Waals surface area contributed by atoms with Gasteiger partial charge in [-0.15, -0.1) is 0 Å². The van der Waals surface area contributed by atoms with Gasteiger partial charge in [0.2, 0.25) is 5.82 Å². The highest BCUT2D eigenvalue weighted by molar-refractivity contribution is 6.44. The monoisotopic (exact) mass is 350 g/mol. The molecule has 0 saturated carbocycles. The minimum Gasteiger partial charge on any atom is -0.225 e. The SMILES string of the molecule is FC(F)(F)C(F)(F)c1nc(Cl)c2c(Cl)ccc(Cl)c2n1. The van der Waals surface area contributed by atoms with Gasteiger partial charge >= 0.3 is 12.1 Å². The fourth-order valence-electron chi connectivity index (χ4n) is 1.39. The van der Waals surface area contributed by atoms with Crippen LogP contribution in [0, 0.1) is 0 Å². The molecule has 20 heavy (non-hydrogen) atoms. The van der Waals surface area contributed by atoms with Crippen LogP contribution in [0.5, 0.6) is 0 Å². The van der Waals surface area contributed by atoms with Crippen molar-refractivity contribution in [2.75, 3.05) is 0 Å². The summed E-state index contributed by atoms with van der Waals surface area (Å²) in [6, 6.07) is 2.49. The Morgan fingerprint density at radius 3 is 1.95 bits per heavy atom. The Morgan fingerprint density at radius 2 is 1.40 bits per heavy atom. The molecule has 1 aromatic heterocycles. The zero-order valence-corrected chi connectivity index (χ0v) is 11.3. The molecule has 0 bridgehead atoms. The molecular formula is C10H2Cl3F5N2. The highest BCUT2D eigenvalue weighted by atomic mass is 35.5. The van der Waals surface area contributed by atoms with E-state index in [0.717, 1.165) is 0 Å². The Balaban J connectivity index is 2.80. The van der Waals surface area contributed by atoms with Gasteiger partial charge in [0.15, 0.2) is 0 Å². The molecule has 108 valence electrons. The summed E-state index contributed by atoms with van der Waals surface area (Å²) in [5.74, 6) is -7.04. The van der Waals surface area contributed by atoms with E-state index in [9.17, 15) is 22.0 Å². The highest BCUT2D eigenvalue weighted by Gasteiger charge is 2.61. The summed E-state index contributed by atoms with van der Waals surface area (Å²) in [7, 11) is 0. The van der Waals surface area contributed by atoms with Crippen LogP contribution in [0.2, 0.25) is 15.2 Å². The second-order valence-corrected chi connectivity index (χ2v) is 4.84. The van der Waals surface area contributed by atoms with E-state index >= 15 is 0 Å². The van der Waals surface area contributed by atoms with E-state index in [1.165, 1.54) is 12.1 Å². The first-order chi connectivity index (χ1) is 9.05. The molecule has 0 atom stereocenters. The number of hydrogen-bond acceptors (Lipinski definition) is 2. The molecule has 0 saturated heterocycles. The van der Waals surface area contributed by atoms with Gasteiger partial charge in [0.1, 0.15) is 5.15 Å². The van der Waals surface area contributed by atoms with Crippen molar-refractivity contribution in [3.63, 3.8) is 0 Å². The van der Waals surface area contributed by atoms with Gasteiger partial charge in [-0.05, 0) is 12.1 Å². The van der Waals surface area contributed by atoms with Gasteiger partial charge in [0, 0.05) is 0 Å². The predicted molar refractivity (Wildman–Crippen MR) is 64.5 cm³/mol. The van der Waals surface area contributed by atoms with Crippen LogP contribution < -0.4 is 0 Å². The van der Waals surface area contributed by atoms with E-state index in [-0.39, 0.29) is 20.9 Å². The number of nitrogens with zero attached hydrogens (tertiary/aromatic N) is 2. The maximum absolute atomic E-state index is 13.2. The molecule has 1 heterocycles. The first-order valence-electron chi connectivity index (χ1n) is 4.82. The molecule has 2 rings (SSSR count). The van der Waals surface area contributed by atoms with Crippen molar-refractivity contribution < 1.29 is 22.0 Å². The third-order valence-corrected chi connectivity index (χ3v) is 3.24. The summed E-state index contributed by atoms with van der Waals surface area (Å²) in [4.78, 5) is 6.14. The van der Waals surface area contributed by atoms with Crippen molar-refractivity contribution in [1.29, 1.82) is 0 Å². The van der Waals surface area contributed by atoms with Crippen molar-refractivity contribution in [2.45, 2.75) is 12.1 Å². The third-order valence-electron chi connectivity index (χ3n) is 2.34. The Bertz CT molecular complexity index is 687. The number of hydrogen-bond donors (Lipinski definition) is 0. The van der Waals surface area contributed by atoms with Crippen molar-refractivity contribution in [3.05, 3.63) is 33.2 Å². The molecule has 0 aliphatic carbocycles. The van der Waals surface area contributed by atoms with E-state index in [1.54, 1.807) is 0 Å². The summed E-state index contributed by atoms with van der Waals surface area (Å²) in [5, 5.41) is -0.923. The molecule has 0 N–H and O–H groups in total. The van der Waals surface area contributed by atoms with Gasteiger partial charge in [0.25, 0.3) is 0 Å². The Kier molecular flexibility index (Phi) is 3.73. The lowest BCUT2D eigenvalue weighted by atomic mass is 10.2. The maximum atomic E-state index is 13.2. The molecule has 2 aromatic rings. The summed E-state index contributed by atoms with van der Waals surface area (Å²) in [6.07, 6.45) is -5.85. The number of halogens is 8. The maximum Gasteiger partial charge on any atom is 0.461 e. The molecule has 0 aliphatic heterocycles. The van der Waals surface area contributed by atoms with Crippen molar-refractivity contribution in [3.8, 4) is 0 Å². The lowest BCUT2D eigenvalue weighted by Gasteiger charge is -2.18. The fourth-order valence-corrected chi connectivity index (χ4v) is 2.16. The molecule has 0 amide bonds. The van der Waals surface area contributed by atoms with Crippen molar-refractivity contribution in [1.82, 2.24) is 9.97 Å². The minimum absolute atomic E-state index is 0.0173. The minimum atomic E-state index is -5.85. The third kappa shape index (κ3) is 2.38. The molecule has 1 aromatic carbocycles. The number of fused-ring (bicyclic) bond motifs is 1. The van der Waals surface area contributed by atoms with Crippen LogP contribution >= 0.6 is 34.8 Å². The van der Waals surface area contributed by atoms with Crippen LogP contribution in [0.25, 0.3) is 10.9 Å². The van der Waals surface area contributed by atoms with Crippen LogP contribution in [-0.2, 0) is 5.92 Å². The quantitative estimate of drug-likeness (QED) is 0.518. The number of aromatic nitrogens is 2. The first kappa shape index (κ1) is 15.5. The standard InChI is InChI=1S/C10H2Cl3F5N2/c11-3-1-2-4(12)6-5(3)7(13)20-8(19-6)9(14,15)10(16,17)18/h1-2H. The van der Waals surface area contributed by atoms with Crippen LogP contribution in [0.1, 0.15) is 5.82 Å². The van der Waals surface area contributed by atoms with E-state index < -0.39 is 23.1 Å². The molecule has 0 fully saturated rings. The summed E-state index contributed by atoms with van der Waals surface area (Å²) < 4.78 is 63.3. The summed E-state index contributed by atoms with van der Waals surface area (Å²) >= 11 is 17.1. The molecule has 0 radical (unpaired) electrons. The average molecular weight is 351 g/mol. The second kappa shape index (κ2) is 4.82. The average Bonchev–Trinajstić information content (AvgIpc) is 2.31. The number of benzene rings is 1. The Labute approximate surface area is 123 Å². The Hall–Kier alpha value is -0.920. The van der Waals surface area contributed by atoms with Crippen LogP contribution in [0.15, 0.2) is 12.1 Å². The summed E-state index contributed by atoms with van der Waals surface area (Å²) in [6.45, 7) is 0. The highest BCUT2D eigenvalue weighted by Crippen LogP contribution is 2.44. The normalized spacial score (nSPS) is 13.0. The fraction of sp³-hybridized carbons (Fsp3) is 0.200. The van der Waals surface area contributed by atoms with E-state index in [2.05, 4.69) is 9.97 Å². The van der Waals surface area contributed by atoms with Gasteiger partial charge in [0.05, 0.1) is 20.9 Å².